The van der Waals surface area contributed by atoms with Crippen molar-refractivity contribution < 1.29 is 14.7 Å². The Bertz CT molecular complexity index is 365. The van der Waals surface area contributed by atoms with Gasteiger partial charge in [-0.25, -0.2) is 0 Å². The second-order valence-corrected chi connectivity index (χ2v) is 4.64. The largest absolute Gasteiger partial charge is 0.481 e. The zero-order valence-corrected chi connectivity index (χ0v) is 9.63. The first-order chi connectivity index (χ1) is 8.18. The molecule has 0 fully saturated rings. The molecule has 0 bridgehead atoms. The second kappa shape index (κ2) is 5.17. The van der Waals surface area contributed by atoms with Gasteiger partial charge in [-0.3, -0.25) is 9.59 Å². The summed E-state index contributed by atoms with van der Waals surface area (Å²) in [6, 6.07) is 0.155. The van der Waals surface area contributed by atoms with E-state index in [0.29, 0.717) is 12.8 Å². The first kappa shape index (κ1) is 11.9. The number of rotatable bonds is 3. The van der Waals surface area contributed by atoms with Gasteiger partial charge in [0.15, 0.2) is 0 Å². The topological polar surface area (TPSA) is 66.4 Å². The zero-order valence-electron chi connectivity index (χ0n) is 9.63. The Hall–Kier alpha value is -1.58. The molecule has 0 aromatic carbocycles. The molecule has 2 aliphatic carbocycles. The number of amides is 1. The van der Waals surface area contributed by atoms with E-state index >= 15 is 0 Å². The molecular formula is C13H17NO3. The van der Waals surface area contributed by atoms with E-state index in [-0.39, 0.29) is 11.9 Å². The van der Waals surface area contributed by atoms with Crippen LogP contribution in [0.1, 0.15) is 25.7 Å². The Morgan fingerprint density at radius 1 is 0.941 bits per heavy atom. The molecule has 4 nitrogen and oxygen atoms in total. The third-order valence-electron chi connectivity index (χ3n) is 3.44. The molecule has 0 saturated carbocycles. The summed E-state index contributed by atoms with van der Waals surface area (Å²) >= 11 is 0. The summed E-state index contributed by atoms with van der Waals surface area (Å²) in [7, 11) is 0. The van der Waals surface area contributed by atoms with E-state index in [0.717, 1.165) is 12.8 Å². The Labute approximate surface area is 100 Å². The summed E-state index contributed by atoms with van der Waals surface area (Å²) < 4.78 is 0. The summed E-state index contributed by atoms with van der Waals surface area (Å²) in [6.45, 7) is 0. The summed E-state index contributed by atoms with van der Waals surface area (Å²) in [6.07, 6.45) is 10.5. The quantitative estimate of drug-likeness (QED) is 0.728. The SMILES string of the molecule is O=C(O)C1CC=CCC1C(=O)NC1CC=CC1. The number of carbonyl (C=O) groups excluding carboxylic acids is 1. The monoisotopic (exact) mass is 235 g/mol. The van der Waals surface area contributed by atoms with Gasteiger partial charge in [-0.2, -0.15) is 0 Å². The molecule has 4 heteroatoms. The molecule has 0 heterocycles. The number of allylic oxidation sites excluding steroid dienone is 2. The van der Waals surface area contributed by atoms with Gasteiger partial charge in [-0.1, -0.05) is 24.3 Å². The summed E-state index contributed by atoms with van der Waals surface area (Å²) in [4.78, 5) is 23.1. The zero-order chi connectivity index (χ0) is 12.3. The van der Waals surface area contributed by atoms with E-state index in [9.17, 15) is 9.59 Å². The lowest BCUT2D eigenvalue weighted by Gasteiger charge is -2.25. The molecule has 92 valence electrons. The molecule has 2 rings (SSSR count). The fraction of sp³-hybridized carbons (Fsp3) is 0.538. The normalized spacial score (nSPS) is 28.2. The highest BCUT2D eigenvalue weighted by Crippen LogP contribution is 2.26. The minimum absolute atomic E-state index is 0.115. The van der Waals surface area contributed by atoms with Crippen LogP contribution in [0.3, 0.4) is 0 Å². The summed E-state index contributed by atoms with van der Waals surface area (Å²) in [5.41, 5.74) is 0. The molecule has 2 atom stereocenters. The lowest BCUT2D eigenvalue weighted by atomic mass is 9.82. The van der Waals surface area contributed by atoms with Gasteiger partial charge < -0.3 is 10.4 Å². The van der Waals surface area contributed by atoms with Crippen LogP contribution in [0.2, 0.25) is 0 Å². The third kappa shape index (κ3) is 2.75. The van der Waals surface area contributed by atoms with Crippen LogP contribution in [0, 0.1) is 11.8 Å². The average molecular weight is 235 g/mol. The molecule has 0 aromatic heterocycles. The Morgan fingerprint density at radius 2 is 1.47 bits per heavy atom. The molecule has 0 radical (unpaired) electrons. The maximum Gasteiger partial charge on any atom is 0.307 e. The summed E-state index contributed by atoms with van der Waals surface area (Å²) in [5, 5.41) is 12.0. The van der Waals surface area contributed by atoms with Crippen molar-refractivity contribution in [3.8, 4) is 0 Å². The number of aliphatic carboxylic acids is 1. The second-order valence-electron chi connectivity index (χ2n) is 4.64. The minimum Gasteiger partial charge on any atom is -0.481 e. The fourth-order valence-corrected chi connectivity index (χ4v) is 2.42. The fourth-order valence-electron chi connectivity index (χ4n) is 2.42. The molecule has 0 saturated heterocycles. The summed E-state index contributed by atoms with van der Waals surface area (Å²) in [5.74, 6) is -1.98. The van der Waals surface area contributed by atoms with Crippen molar-refractivity contribution in [3.63, 3.8) is 0 Å². The van der Waals surface area contributed by atoms with Crippen molar-refractivity contribution >= 4 is 11.9 Å². The van der Waals surface area contributed by atoms with Gasteiger partial charge in [0.05, 0.1) is 11.8 Å². The first-order valence-corrected chi connectivity index (χ1v) is 6.01. The average Bonchev–Trinajstić information content (AvgIpc) is 2.81. The molecule has 2 aliphatic rings. The van der Waals surface area contributed by atoms with Crippen LogP contribution >= 0.6 is 0 Å². The van der Waals surface area contributed by atoms with Crippen LogP contribution < -0.4 is 5.32 Å². The van der Waals surface area contributed by atoms with Gasteiger partial charge in [0.1, 0.15) is 0 Å². The van der Waals surface area contributed by atoms with Crippen LogP contribution in [-0.2, 0) is 9.59 Å². The molecule has 2 unspecified atom stereocenters. The maximum atomic E-state index is 12.0. The molecule has 0 aromatic rings. The van der Waals surface area contributed by atoms with Crippen LogP contribution in [0.4, 0.5) is 0 Å². The highest BCUT2D eigenvalue weighted by atomic mass is 16.4. The van der Waals surface area contributed by atoms with E-state index < -0.39 is 17.8 Å². The number of carbonyl (C=O) groups is 2. The van der Waals surface area contributed by atoms with E-state index in [1.54, 1.807) is 0 Å². The molecule has 2 N–H and O–H groups in total. The van der Waals surface area contributed by atoms with Crippen molar-refractivity contribution in [3.05, 3.63) is 24.3 Å². The predicted octanol–water partition coefficient (Wildman–Crippen LogP) is 1.49. The standard InChI is InChI=1S/C13H17NO3/c15-12(14-9-5-1-2-6-9)10-7-3-4-8-11(10)13(16)17/h1-4,9-11H,5-8H2,(H,14,15)(H,16,17). The van der Waals surface area contributed by atoms with Gasteiger partial charge >= 0.3 is 5.97 Å². The lowest BCUT2D eigenvalue weighted by molar-refractivity contribution is -0.147. The predicted molar refractivity (Wildman–Crippen MR) is 63.3 cm³/mol. The number of carboxylic acids is 1. The van der Waals surface area contributed by atoms with Crippen molar-refractivity contribution in [2.45, 2.75) is 31.7 Å². The van der Waals surface area contributed by atoms with Crippen molar-refractivity contribution in [2.24, 2.45) is 11.8 Å². The number of carboxylic acid groups (broad SMARTS) is 1. The van der Waals surface area contributed by atoms with E-state index in [4.69, 9.17) is 5.11 Å². The maximum absolute atomic E-state index is 12.0. The van der Waals surface area contributed by atoms with E-state index in [2.05, 4.69) is 5.32 Å². The third-order valence-corrected chi connectivity index (χ3v) is 3.44. The Balaban J connectivity index is 1.96. The van der Waals surface area contributed by atoms with Gasteiger partial charge in [0.25, 0.3) is 0 Å². The van der Waals surface area contributed by atoms with E-state index in [1.807, 2.05) is 24.3 Å². The van der Waals surface area contributed by atoms with E-state index in [1.165, 1.54) is 0 Å². The van der Waals surface area contributed by atoms with Crippen molar-refractivity contribution in [1.29, 1.82) is 0 Å². The van der Waals surface area contributed by atoms with Gasteiger partial charge in [-0.15, -0.1) is 0 Å². The van der Waals surface area contributed by atoms with Crippen LogP contribution in [0.15, 0.2) is 24.3 Å². The van der Waals surface area contributed by atoms with Crippen LogP contribution in [0.25, 0.3) is 0 Å². The number of hydrogen-bond donors (Lipinski definition) is 2. The lowest BCUT2D eigenvalue weighted by Crippen LogP contribution is -2.42. The van der Waals surface area contributed by atoms with Gasteiger partial charge in [0.2, 0.25) is 5.91 Å². The first-order valence-electron chi connectivity index (χ1n) is 6.01. The van der Waals surface area contributed by atoms with Crippen molar-refractivity contribution in [1.82, 2.24) is 5.32 Å². The molecule has 17 heavy (non-hydrogen) atoms. The molecular weight excluding hydrogens is 218 g/mol. The van der Waals surface area contributed by atoms with Crippen LogP contribution in [-0.4, -0.2) is 23.0 Å². The number of hydrogen-bond acceptors (Lipinski definition) is 2. The Morgan fingerprint density at radius 3 is 2.06 bits per heavy atom. The highest BCUT2D eigenvalue weighted by Gasteiger charge is 2.34. The van der Waals surface area contributed by atoms with Gasteiger partial charge in [0, 0.05) is 6.04 Å². The van der Waals surface area contributed by atoms with Crippen LogP contribution in [0.5, 0.6) is 0 Å². The molecule has 0 aliphatic heterocycles. The molecule has 1 amide bonds. The molecule has 0 spiro atoms. The smallest absolute Gasteiger partial charge is 0.307 e. The minimum atomic E-state index is -0.876. The highest BCUT2D eigenvalue weighted by molar-refractivity contribution is 5.85. The Kier molecular flexibility index (Phi) is 3.61. The number of nitrogens with one attached hydrogen (secondary N) is 1. The van der Waals surface area contributed by atoms with Gasteiger partial charge in [-0.05, 0) is 25.7 Å². The van der Waals surface area contributed by atoms with Crippen molar-refractivity contribution in [2.75, 3.05) is 0 Å².